The summed E-state index contributed by atoms with van der Waals surface area (Å²) >= 11 is 0. The fraction of sp³-hybridized carbons (Fsp3) is 0.909. The molecule has 0 aliphatic heterocycles. The van der Waals surface area contributed by atoms with Gasteiger partial charge in [0.25, 0.3) is 0 Å². The Morgan fingerprint density at radius 1 is 0.786 bits per heavy atom. The minimum atomic E-state index is -4.60. The van der Waals surface area contributed by atoms with Gasteiger partial charge in [-0.25, -0.2) is 8.42 Å². The van der Waals surface area contributed by atoms with Crippen molar-refractivity contribution in [3.63, 3.8) is 0 Å². The van der Waals surface area contributed by atoms with Gasteiger partial charge in [-0.05, 0) is 19.3 Å². The van der Waals surface area contributed by atoms with Crippen LogP contribution in [0.1, 0.15) is 117 Å². The van der Waals surface area contributed by atoms with E-state index in [4.69, 9.17) is 0 Å². The van der Waals surface area contributed by atoms with Crippen molar-refractivity contribution in [2.75, 3.05) is 6.61 Å². The van der Waals surface area contributed by atoms with Crippen LogP contribution in [0, 0.1) is 5.92 Å². The van der Waals surface area contributed by atoms with E-state index in [1.165, 1.54) is 77.0 Å². The molecule has 0 bridgehead atoms. The molecule has 0 aromatic carbocycles. The summed E-state index contributed by atoms with van der Waals surface area (Å²) in [6, 6.07) is 0. The molecule has 0 heterocycles. The van der Waals surface area contributed by atoms with Crippen molar-refractivity contribution in [2.24, 2.45) is 5.92 Å². The standard InChI is InChI=1S/C22H44O4S.Na/c1-3-5-7-9-11-12-14-16-18-20-22(21-26-27(23,24)25)19-17-15-13-10-8-6-4-2;/h18,20,22H,3-17,19,21H2,1-2H3,(H,23,24,25);/q;+1/p-1/b20-18+;. The van der Waals surface area contributed by atoms with Crippen LogP contribution in [0.5, 0.6) is 0 Å². The quantitative estimate of drug-likeness (QED) is 0.0973. The molecule has 0 fully saturated rings. The first-order valence-corrected chi connectivity index (χ1v) is 12.6. The summed E-state index contributed by atoms with van der Waals surface area (Å²) in [7, 11) is -4.60. The Morgan fingerprint density at radius 2 is 1.25 bits per heavy atom. The van der Waals surface area contributed by atoms with Crippen LogP contribution < -0.4 is 29.6 Å². The maximum Gasteiger partial charge on any atom is 1.00 e. The van der Waals surface area contributed by atoms with Crippen molar-refractivity contribution >= 4 is 10.4 Å². The summed E-state index contributed by atoms with van der Waals surface area (Å²) in [4.78, 5) is 0. The van der Waals surface area contributed by atoms with Gasteiger partial charge in [0.15, 0.2) is 0 Å². The molecule has 0 saturated heterocycles. The number of hydrogen-bond donors (Lipinski definition) is 0. The molecule has 1 unspecified atom stereocenters. The molecule has 6 heteroatoms. The van der Waals surface area contributed by atoms with Crippen molar-refractivity contribution in [2.45, 2.75) is 117 Å². The average molecular weight is 427 g/mol. The topological polar surface area (TPSA) is 66.4 Å². The molecule has 0 saturated carbocycles. The van der Waals surface area contributed by atoms with Gasteiger partial charge in [0, 0.05) is 5.92 Å². The van der Waals surface area contributed by atoms with Crippen molar-refractivity contribution in [3.05, 3.63) is 12.2 Å². The molecule has 1 atom stereocenters. The third-order valence-electron chi connectivity index (χ3n) is 4.99. The molecule has 0 radical (unpaired) electrons. The Bertz CT molecular complexity index is 438. The van der Waals surface area contributed by atoms with Gasteiger partial charge in [-0.3, -0.25) is 4.18 Å². The van der Waals surface area contributed by atoms with Gasteiger partial charge in [-0.1, -0.05) is 109 Å². The molecule has 0 aromatic rings. The molecule has 28 heavy (non-hydrogen) atoms. The van der Waals surface area contributed by atoms with Crippen LogP contribution in [0.3, 0.4) is 0 Å². The SMILES string of the molecule is CCCCCCCCC/C=C/C(CCCCCCCCC)COS(=O)(=O)[O-].[Na+]. The third-order valence-corrected chi connectivity index (χ3v) is 5.41. The van der Waals surface area contributed by atoms with Gasteiger partial charge < -0.3 is 4.55 Å². The maximum absolute atomic E-state index is 10.7. The van der Waals surface area contributed by atoms with Gasteiger partial charge >= 0.3 is 29.6 Å². The van der Waals surface area contributed by atoms with E-state index in [0.29, 0.717) is 0 Å². The second-order valence-electron chi connectivity index (χ2n) is 7.70. The van der Waals surface area contributed by atoms with E-state index in [0.717, 1.165) is 25.7 Å². The van der Waals surface area contributed by atoms with E-state index in [1.54, 1.807) is 0 Å². The summed E-state index contributed by atoms with van der Waals surface area (Å²) in [5.41, 5.74) is 0. The zero-order valence-corrected chi connectivity index (χ0v) is 21.6. The molecule has 0 spiro atoms. The first-order valence-electron chi connectivity index (χ1n) is 11.3. The maximum atomic E-state index is 10.7. The molecule has 4 nitrogen and oxygen atoms in total. The summed E-state index contributed by atoms with van der Waals surface area (Å²) in [6.07, 6.45) is 23.7. The number of allylic oxidation sites excluding steroid dienone is 1. The summed E-state index contributed by atoms with van der Waals surface area (Å²) < 4.78 is 36.7. The van der Waals surface area contributed by atoms with Crippen LogP contribution in [0.2, 0.25) is 0 Å². The van der Waals surface area contributed by atoms with Crippen molar-refractivity contribution in [1.82, 2.24) is 0 Å². The fourth-order valence-corrected chi connectivity index (χ4v) is 3.62. The third kappa shape index (κ3) is 24.6. The molecule has 162 valence electrons. The van der Waals surface area contributed by atoms with E-state index >= 15 is 0 Å². The van der Waals surface area contributed by atoms with E-state index in [2.05, 4.69) is 30.2 Å². The van der Waals surface area contributed by atoms with Gasteiger partial charge in [-0.2, -0.15) is 0 Å². The van der Waals surface area contributed by atoms with E-state index in [1.807, 2.05) is 0 Å². The Morgan fingerprint density at radius 3 is 1.75 bits per heavy atom. The van der Waals surface area contributed by atoms with Gasteiger partial charge in [0.2, 0.25) is 10.4 Å². The molecule has 0 amide bonds. The molecule has 0 rings (SSSR count). The first kappa shape index (κ1) is 30.8. The Balaban J connectivity index is 0. The minimum absolute atomic E-state index is 0. The Kier molecular flexibility index (Phi) is 24.5. The second-order valence-corrected chi connectivity index (χ2v) is 8.75. The second kappa shape index (κ2) is 22.3. The summed E-state index contributed by atoms with van der Waals surface area (Å²) in [6.45, 7) is 4.43. The van der Waals surface area contributed by atoms with E-state index < -0.39 is 10.4 Å². The number of unbranched alkanes of at least 4 members (excludes halogenated alkanes) is 13. The van der Waals surface area contributed by atoms with E-state index in [-0.39, 0.29) is 42.1 Å². The predicted octanol–water partition coefficient (Wildman–Crippen LogP) is 3.92. The number of rotatable bonds is 20. The zero-order valence-electron chi connectivity index (χ0n) is 18.8. The molecular formula is C22H43NaO4S. The Hall–Kier alpha value is 0.610. The van der Waals surface area contributed by atoms with Gasteiger partial charge in [-0.15, -0.1) is 0 Å². The van der Waals surface area contributed by atoms with Gasteiger partial charge in [0.05, 0.1) is 6.61 Å². The minimum Gasteiger partial charge on any atom is -0.726 e. The van der Waals surface area contributed by atoms with Crippen molar-refractivity contribution in [1.29, 1.82) is 0 Å². The number of hydrogen-bond acceptors (Lipinski definition) is 4. The largest absolute Gasteiger partial charge is 1.00 e. The van der Waals surface area contributed by atoms with E-state index in [9.17, 15) is 13.0 Å². The van der Waals surface area contributed by atoms with Crippen LogP contribution in [-0.2, 0) is 14.6 Å². The fourth-order valence-electron chi connectivity index (χ4n) is 3.28. The van der Waals surface area contributed by atoms with Crippen LogP contribution in [0.25, 0.3) is 0 Å². The Labute approximate surface area is 197 Å². The zero-order chi connectivity index (χ0) is 20.2. The van der Waals surface area contributed by atoms with Crippen molar-refractivity contribution in [3.8, 4) is 0 Å². The smallest absolute Gasteiger partial charge is 0.726 e. The molecular weight excluding hydrogens is 383 g/mol. The van der Waals surface area contributed by atoms with Crippen LogP contribution in [-0.4, -0.2) is 19.6 Å². The normalized spacial score (nSPS) is 13.0. The summed E-state index contributed by atoms with van der Waals surface area (Å²) in [5, 5.41) is 0. The van der Waals surface area contributed by atoms with Crippen LogP contribution in [0.15, 0.2) is 12.2 Å². The molecule has 0 aromatic heterocycles. The molecule has 0 aliphatic rings. The summed E-state index contributed by atoms with van der Waals surface area (Å²) in [5.74, 6) is 0.0221. The first-order chi connectivity index (χ1) is 13.0. The molecule has 0 aliphatic carbocycles. The monoisotopic (exact) mass is 426 g/mol. The van der Waals surface area contributed by atoms with Crippen LogP contribution >= 0.6 is 0 Å². The van der Waals surface area contributed by atoms with Crippen molar-refractivity contribution < 1.29 is 46.7 Å². The van der Waals surface area contributed by atoms with Gasteiger partial charge in [0.1, 0.15) is 0 Å². The predicted molar refractivity (Wildman–Crippen MR) is 113 cm³/mol. The molecule has 0 N–H and O–H groups in total. The van der Waals surface area contributed by atoms with Crippen LogP contribution in [0.4, 0.5) is 0 Å². The average Bonchev–Trinajstić information content (AvgIpc) is 2.62.